The molecule has 122 heavy (non-hydrogen) atoms. The number of aromatic carboxylic acids is 3. The van der Waals surface area contributed by atoms with Gasteiger partial charge in [-0.2, -0.15) is 0 Å². The Morgan fingerprint density at radius 3 is 0.820 bits per heavy atom. The summed E-state index contributed by atoms with van der Waals surface area (Å²) < 4.78 is 69.9. The van der Waals surface area contributed by atoms with Crippen LogP contribution in [-0.4, -0.2) is 186 Å². The van der Waals surface area contributed by atoms with E-state index >= 15 is 0 Å². The highest BCUT2D eigenvalue weighted by molar-refractivity contribution is 7.13. The monoisotopic (exact) mass is 1720 g/mol. The van der Waals surface area contributed by atoms with Gasteiger partial charge in [-0.25, -0.2) is 48.1 Å². The van der Waals surface area contributed by atoms with Gasteiger partial charge in [0.2, 0.25) is 0 Å². The number of aromatic nitrogens is 1. The van der Waals surface area contributed by atoms with E-state index < -0.39 is 59.7 Å². The predicted octanol–water partition coefficient (Wildman–Crippen LogP) is 13.9. The maximum absolute atomic E-state index is 12.3. The van der Waals surface area contributed by atoms with Crippen LogP contribution >= 0.6 is 11.3 Å². The number of anilines is 1. The summed E-state index contributed by atoms with van der Waals surface area (Å²) in [6, 6.07) is 31.3. The lowest BCUT2D eigenvalue weighted by molar-refractivity contribution is -0.143. The average Bonchev–Trinajstić information content (AvgIpc) is 0.917. The number of benzene rings is 7. The van der Waals surface area contributed by atoms with Gasteiger partial charge in [-0.1, -0.05) is 0 Å². The molecule has 35 heteroatoms. The molecule has 1 amide bonds. The van der Waals surface area contributed by atoms with Crippen LogP contribution in [0.25, 0.3) is 0 Å². The number of carbonyl (C=O) groups is 12. The molecule has 1 heterocycles. The molecule has 0 radical (unpaired) electrons. The largest absolute Gasteiger partial charge is 0.508 e. The van der Waals surface area contributed by atoms with Crippen LogP contribution in [0.3, 0.4) is 0 Å². The van der Waals surface area contributed by atoms with E-state index in [0.717, 1.165) is 0 Å². The number of aliphatic hydroxyl groups is 2. The number of carboxylic acids is 3. The molecule has 0 atom stereocenters. The van der Waals surface area contributed by atoms with Gasteiger partial charge in [0.1, 0.15) is 53.5 Å². The van der Waals surface area contributed by atoms with Crippen LogP contribution in [0.1, 0.15) is 223 Å². The van der Waals surface area contributed by atoms with Crippen LogP contribution in [-0.2, 0) is 73.9 Å². The molecule has 660 valence electrons. The molecule has 7 aromatic carbocycles. The highest BCUT2D eigenvalue weighted by atomic mass is 32.1. The average molecular weight is 1720 g/mol. The van der Waals surface area contributed by atoms with E-state index in [-0.39, 0.29) is 125 Å². The van der Waals surface area contributed by atoms with Gasteiger partial charge < -0.3 is 97.0 Å². The topological polar surface area (TPSA) is 480 Å². The Hall–Kier alpha value is -13.7. The van der Waals surface area contributed by atoms with Crippen LogP contribution < -0.4 is 33.7 Å². The van der Waals surface area contributed by atoms with Crippen molar-refractivity contribution >= 4 is 88.0 Å². The van der Waals surface area contributed by atoms with Gasteiger partial charge in [0.05, 0.1) is 143 Å². The molecule has 0 unspecified atom stereocenters. The quantitative estimate of drug-likeness (QED) is 0.0169. The molecule has 0 aliphatic carbocycles. The number of thiazole rings is 1. The maximum Gasteiger partial charge on any atom is 0.338 e. The van der Waals surface area contributed by atoms with Gasteiger partial charge in [0, 0.05) is 31.0 Å². The van der Waals surface area contributed by atoms with Crippen molar-refractivity contribution < 1.29 is 154 Å². The maximum atomic E-state index is 12.3. The zero-order chi connectivity index (χ0) is 92.2. The van der Waals surface area contributed by atoms with Crippen molar-refractivity contribution in [3.8, 4) is 40.2 Å². The summed E-state index contributed by atoms with van der Waals surface area (Å²) >= 11 is 1.34. The number of phenolic OH excluding ortho intramolecular Hbond substituents is 1. The minimum atomic E-state index is -1.12. The number of ether oxygens (including phenoxy) is 14. The number of aliphatic hydroxyl groups excluding tert-OH is 2. The highest BCUT2D eigenvalue weighted by Crippen LogP contribution is 2.27. The van der Waals surface area contributed by atoms with Crippen molar-refractivity contribution in [3.05, 3.63) is 217 Å². The summed E-state index contributed by atoms with van der Waals surface area (Å²) in [5.41, 5.74) is 4.28. The fourth-order valence-electron chi connectivity index (χ4n) is 9.58. The molecule has 8 rings (SSSR count). The van der Waals surface area contributed by atoms with Crippen LogP contribution in [0.15, 0.2) is 139 Å². The molecule has 0 aliphatic rings. The predicted molar refractivity (Wildman–Crippen MR) is 443 cm³/mol. The Labute approximate surface area is 709 Å². The van der Waals surface area contributed by atoms with Gasteiger partial charge in [0.25, 0.3) is 5.91 Å². The number of nitrogens with one attached hydrogen (secondary N) is 1. The number of methoxy groups -OCH3 is 6. The summed E-state index contributed by atoms with van der Waals surface area (Å²) in [4.78, 5) is 139. The van der Waals surface area contributed by atoms with Gasteiger partial charge in [-0.3, -0.25) is 19.7 Å². The van der Waals surface area contributed by atoms with Crippen molar-refractivity contribution in [1.82, 2.24) is 4.98 Å². The molecule has 0 spiro atoms. The van der Waals surface area contributed by atoms with Crippen molar-refractivity contribution in [2.75, 3.05) is 48.0 Å². The van der Waals surface area contributed by atoms with E-state index in [2.05, 4.69) is 38.7 Å². The van der Waals surface area contributed by atoms with Gasteiger partial charge in [-0.15, -0.1) is 11.3 Å². The second kappa shape index (κ2) is 53.7. The van der Waals surface area contributed by atoms with E-state index in [1.807, 2.05) is 83.1 Å². The third-order valence-electron chi connectivity index (χ3n) is 14.3. The number of hydrogen-bond acceptors (Lipinski definition) is 31. The van der Waals surface area contributed by atoms with Crippen LogP contribution in [0.4, 0.5) is 5.13 Å². The van der Waals surface area contributed by atoms with Crippen molar-refractivity contribution in [1.29, 1.82) is 0 Å². The highest BCUT2D eigenvalue weighted by Gasteiger charge is 2.20. The smallest absolute Gasteiger partial charge is 0.338 e. The normalized spacial score (nSPS) is 10.2. The minimum Gasteiger partial charge on any atom is -0.508 e. The molecule has 8 aromatic rings. The first-order valence-corrected chi connectivity index (χ1v) is 37.9. The fraction of sp³-hybridized carbons (Fsp3) is 0.345. The molecule has 1 aromatic heterocycles. The number of phenols is 1. The Bertz CT molecular complexity index is 4750. The lowest BCUT2D eigenvalue weighted by atomic mass is 10.1. The van der Waals surface area contributed by atoms with E-state index in [4.69, 9.17) is 63.4 Å². The van der Waals surface area contributed by atoms with Gasteiger partial charge >= 0.3 is 65.7 Å². The first-order valence-electron chi connectivity index (χ1n) is 37.0. The van der Waals surface area contributed by atoms with E-state index in [9.17, 15) is 62.6 Å². The standard InChI is InChI=1S/C16H18N2O4S.2C13H16O5.C12H14O5.C12H16O4.C11H14O4.C10H10O5/c1-10(2)22-14-7-12(9-21-11(3)19)6-13(8-14)15(20)18-16-17-4-5-23-16;1-8(2)18-11-6-9(12(14)16-3)5-10(7-11)13(15)17-4;1-8(2)18-12-5-10(7-17-9(3)14)4-11(6-12)13(15)16;1-7(2)17-10-5-8(11(13)14)4-9(6-10)12(15)16-3;1-8(2)16-11-5-9(7-13)4-10(6-11)12(14)15-3;1-7(2)15-10-4-8(6-12)3-9(5-10)11(13)14;1-14-9(12)6-3-7(10(13)15-2)5-8(11)4-6/h4-8,10H,9H2,1-3H3,(H,17,18,20);5-8H,1-4H3;4-6,8H,7H2,1-3H3,(H,15,16);4-7H,1-3H3,(H,13,14);4-6,8,13H,7H2,1-3H3;3-5,7,12H,6H2,1-2H3,(H,13,14);3-5,11H,1-2H3. The molecular weight excluding hydrogens is 1620 g/mol. The Kier molecular flexibility index (Phi) is 46.0. The van der Waals surface area contributed by atoms with Crippen molar-refractivity contribution in [3.63, 3.8) is 0 Å². The Morgan fingerprint density at radius 2 is 0.557 bits per heavy atom. The summed E-state index contributed by atoms with van der Waals surface area (Å²) in [6.07, 6.45) is 1.34. The number of carboxylic acid groups (broad SMARTS) is 3. The number of rotatable bonds is 29. The molecule has 34 nitrogen and oxygen atoms in total. The third kappa shape index (κ3) is 40.2. The fourth-order valence-corrected chi connectivity index (χ4v) is 10.1. The van der Waals surface area contributed by atoms with Crippen molar-refractivity contribution in [2.24, 2.45) is 0 Å². The second-order valence-electron chi connectivity index (χ2n) is 26.8. The second-order valence-corrected chi connectivity index (χ2v) is 27.7. The lowest BCUT2D eigenvalue weighted by Gasteiger charge is -2.13. The Morgan fingerprint density at radius 1 is 0.328 bits per heavy atom. The van der Waals surface area contributed by atoms with Crippen LogP contribution in [0.2, 0.25) is 0 Å². The zero-order valence-corrected chi connectivity index (χ0v) is 72.0. The number of nitrogens with zero attached hydrogens (tertiary/aromatic N) is 1. The SMILES string of the molecule is CC(=O)OCc1cc(OC(C)C)cc(C(=O)Nc2nccs2)c1.CC(=O)OCc1cc(OC(C)C)cc(C(=O)O)c1.CC(C)Oc1cc(CO)cc(C(=O)O)c1.COC(=O)c1cc(CO)cc(OC(C)C)c1.COC(=O)c1cc(O)cc(C(=O)OC)c1.COC(=O)c1cc(OC(C)C)cc(C(=O)O)c1.COC(=O)c1cc(OC(C)C)cc(C(=O)OC)c1. The van der Waals surface area contributed by atoms with Crippen LogP contribution in [0, 0.1) is 0 Å². The summed E-state index contributed by atoms with van der Waals surface area (Å²) in [7, 11) is 7.52. The third-order valence-corrected chi connectivity index (χ3v) is 14.9. The molecule has 7 N–H and O–H groups in total. The van der Waals surface area contributed by atoms with E-state index in [1.54, 1.807) is 60.1 Å². The number of esters is 8. The number of carbonyl (C=O) groups excluding carboxylic acids is 9. The first kappa shape index (κ1) is 104. The van der Waals surface area contributed by atoms with Crippen LogP contribution in [0.5, 0.6) is 40.2 Å². The number of hydrogen-bond donors (Lipinski definition) is 7. The molecule has 0 saturated heterocycles. The number of aromatic hydroxyl groups is 1. The molecular formula is C87H104N2O32S. The molecule has 0 bridgehead atoms. The number of amides is 1. The summed E-state index contributed by atoms with van der Waals surface area (Å²) in [5.74, 6) is -5.06. The molecule has 0 aliphatic heterocycles. The first-order chi connectivity index (χ1) is 57.4. The molecule has 0 saturated carbocycles. The van der Waals surface area contributed by atoms with Crippen molar-refractivity contribution in [2.45, 2.75) is 160 Å². The van der Waals surface area contributed by atoms with E-state index in [0.29, 0.717) is 73.0 Å². The minimum absolute atomic E-state index is 0.0106. The molecule has 0 fully saturated rings. The lowest BCUT2D eigenvalue weighted by Crippen LogP contribution is -2.13. The van der Waals surface area contributed by atoms with Gasteiger partial charge in [0.15, 0.2) is 5.13 Å². The Balaban J connectivity index is 0.000000485. The summed E-state index contributed by atoms with van der Waals surface area (Å²) in [5, 5.41) is 59.0. The van der Waals surface area contributed by atoms with E-state index in [1.165, 1.54) is 147 Å². The zero-order valence-electron chi connectivity index (χ0n) is 71.2. The summed E-state index contributed by atoms with van der Waals surface area (Å²) in [6.45, 7) is 24.7. The van der Waals surface area contributed by atoms with Gasteiger partial charge in [-0.05, 0) is 233 Å².